The highest BCUT2D eigenvalue weighted by molar-refractivity contribution is 4.90. The molecule has 8 nitrogen and oxygen atoms in total. The van der Waals surface area contributed by atoms with Crippen molar-refractivity contribution < 1.29 is 9.26 Å². The van der Waals surface area contributed by atoms with Crippen LogP contribution in [0, 0.1) is 19.8 Å². The summed E-state index contributed by atoms with van der Waals surface area (Å²) in [5.74, 6) is 3.82. The van der Waals surface area contributed by atoms with Crippen LogP contribution in [0.1, 0.15) is 36.2 Å². The molecule has 0 unspecified atom stereocenters. The predicted octanol–water partition coefficient (Wildman–Crippen LogP) is 1.38. The summed E-state index contributed by atoms with van der Waals surface area (Å²) in [6.07, 6.45) is 3.09. The summed E-state index contributed by atoms with van der Waals surface area (Å²) in [5, 5.41) is 8.48. The third-order valence-electron chi connectivity index (χ3n) is 4.40. The molecule has 0 spiro atoms. The highest BCUT2D eigenvalue weighted by atomic mass is 16.5. The number of piperidine rings is 1. The Kier molecular flexibility index (Phi) is 5.57. The fourth-order valence-electron chi connectivity index (χ4n) is 3.26. The first-order chi connectivity index (χ1) is 11.6. The van der Waals surface area contributed by atoms with Crippen molar-refractivity contribution in [2.24, 2.45) is 5.92 Å². The number of rotatable bonds is 7. The van der Waals surface area contributed by atoms with Crippen molar-refractivity contribution in [3.63, 3.8) is 0 Å². The van der Waals surface area contributed by atoms with Gasteiger partial charge in [0.05, 0.1) is 13.2 Å². The molecular formula is C16H26N6O2. The molecule has 1 atom stereocenters. The molecule has 132 valence electrons. The molecule has 1 fully saturated rings. The zero-order valence-corrected chi connectivity index (χ0v) is 14.7. The molecule has 0 aliphatic carbocycles. The Morgan fingerprint density at radius 3 is 2.92 bits per heavy atom. The number of aryl methyl sites for hydroxylation is 2. The average Bonchev–Trinajstić information content (AvgIpc) is 3.12. The Hall–Kier alpha value is -1.80. The lowest BCUT2D eigenvalue weighted by Gasteiger charge is -2.31. The molecule has 3 heterocycles. The van der Waals surface area contributed by atoms with E-state index in [1.165, 1.54) is 12.8 Å². The van der Waals surface area contributed by atoms with Crippen molar-refractivity contribution in [2.45, 2.75) is 46.2 Å². The van der Waals surface area contributed by atoms with E-state index in [0.717, 1.165) is 31.3 Å². The minimum Gasteiger partial charge on any atom is -0.384 e. The number of hydrogen-bond donors (Lipinski definition) is 0. The first-order valence-electron chi connectivity index (χ1n) is 8.55. The number of likely N-dealkylation sites (tertiary alicyclic amines) is 1. The number of aromatic nitrogens is 5. The summed E-state index contributed by atoms with van der Waals surface area (Å²) >= 11 is 0. The van der Waals surface area contributed by atoms with Crippen molar-refractivity contribution in [3.05, 3.63) is 23.4 Å². The molecule has 0 saturated carbocycles. The molecule has 3 rings (SSSR count). The largest absolute Gasteiger partial charge is 0.384 e. The Balaban J connectivity index is 1.53. The topological polar surface area (TPSA) is 82.1 Å². The number of hydrogen-bond acceptors (Lipinski definition) is 7. The third-order valence-corrected chi connectivity index (χ3v) is 4.40. The van der Waals surface area contributed by atoms with Crippen molar-refractivity contribution in [1.29, 1.82) is 0 Å². The second kappa shape index (κ2) is 7.85. The minimum atomic E-state index is 0.578. The van der Waals surface area contributed by atoms with Gasteiger partial charge in [0, 0.05) is 26.6 Å². The summed E-state index contributed by atoms with van der Waals surface area (Å²) < 4.78 is 12.4. The molecule has 2 aromatic rings. The van der Waals surface area contributed by atoms with Crippen molar-refractivity contribution in [1.82, 2.24) is 29.8 Å². The minimum absolute atomic E-state index is 0.578. The number of ether oxygens (including phenoxy) is 1. The van der Waals surface area contributed by atoms with E-state index in [9.17, 15) is 0 Å². The molecule has 0 radical (unpaired) electrons. The fraction of sp³-hybridized carbons (Fsp3) is 0.750. The zero-order valence-electron chi connectivity index (χ0n) is 14.7. The second-order valence-corrected chi connectivity index (χ2v) is 6.48. The van der Waals surface area contributed by atoms with Gasteiger partial charge in [-0.15, -0.1) is 0 Å². The first kappa shape index (κ1) is 17.0. The van der Waals surface area contributed by atoms with E-state index in [0.29, 0.717) is 37.2 Å². The van der Waals surface area contributed by atoms with Gasteiger partial charge >= 0.3 is 0 Å². The van der Waals surface area contributed by atoms with E-state index in [-0.39, 0.29) is 0 Å². The van der Waals surface area contributed by atoms with Crippen LogP contribution in [0.3, 0.4) is 0 Å². The molecule has 0 bridgehead atoms. The summed E-state index contributed by atoms with van der Waals surface area (Å²) in [7, 11) is 1.67. The van der Waals surface area contributed by atoms with Crippen LogP contribution in [-0.2, 0) is 24.2 Å². The van der Waals surface area contributed by atoms with E-state index in [1.54, 1.807) is 7.11 Å². The van der Waals surface area contributed by atoms with E-state index < -0.39 is 0 Å². The first-order valence-corrected chi connectivity index (χ1v) is 8.55. The molecule has 0 N–H and O–H groups in total. The maximum atomic E-state index is 5.35. The number of methoxy groups -OCH3 is 1. The van der Waals surface area contributed by atoms with E-state index in [2.05, 4.69) is 25.1 Å². The van der Waals surface area contributed by atoms with Crippen LogP contribution in [0.2, 0.25) is 0 Å². The summed E-state index contributed by atoms with van der Waals surface area (Å²) in [5.41, 5.74) is 0. The molecular weight excluding hydrogens is 308 g/mol. The summed E-state index contributed by atoms with van der Waals surface area (Å²) in [4.78, 5) is 11.2. The average molecular weight is 334 g/mol. The lowest BCUT2D eigenvalue weighted by Crippen LogP contribution is -2.37. The van der Waals surface area contributed by atoms with Crippen molar-refractivity contribution >= 4 is 0 Å². The summed E-state index contributed by atoms with van der Waals surface area (Å²) in [6.45, 7) is 8.29. The van der Waals surface area contributed by atoms with Crippen LogP contribution in [0.5, 0.6) is 0 Å². The predicted molar refractivity (Wildman–Crippen MR) is 87.4 cm³/mol. The normalized spacial score (nSPS) is 19.0. The fourth-order valence-corrected chi connectivity index (χ4v) is 3.26. The Morgan fingerprint density at radius 1 is 1.29 bits per heavy atom. The van der Waals surface area contributed by atoms with Crippen LogP contribution in [-0.4, -0.2) is 56.6 Å². The molecule has 1 aliphatic heterocycles. The Morgan fingerprint density at radius 2 is 2.17 bits per heavy atom. The molecule has 1 saturated heterocycles. The van der Waals surface area contributed by atoms with Gasteiger partial charge in [-0.2, -0.15) is 10.1 Å². The van der Waals surface area contributed by atoms with Gasteiger partial charge in [-0.1, -0.05) is 5.16 Å². The lowest BCUT2D eigenvalue weighted by atomic mass is 9.98. The standard InChI is InChI=1S/C16H26N6O2/c1-12-17-13(2)22(19-12)10-14-5-4-7-21(9-14)11-16-18-15(20-24-16)6-8-23-3/h14H,4-11H2,1-3H3/t14-/m0/s1. The van der Waals surface area contributed by atoms with Gasteiger partial charge in [0.25, 0.3) is 0 Å². The smallest absolute Gasteiger partial charge is 0.240 e. The zero-order chi connectivity index (χ0) is 16.9. The van der Waals surface area contributed by atoms with Crippen molar-refractivity contribution in [2.75, 3.05) is 26.8 Å². The molecule has 0 aromatic carbocycles. The Labute approximate surface area is 142 Å². The lowest BCUT2D eigenvalue weighted by molar-refractivity contribution is 0.138. The van der Waals surface area contributed by atoms with Crippen LogP contribution >= 0.6 is 0 Å². The van der Waals surface area contributed by atoms with Gasteiger partial charge in [0.15, 0.2) is 5.82 Å². The van der Waals surface area contributed by atoms with Gasteiger partial charge < -0.3 is 9.26 Å². The maximum Gasteiger partial charge on any atom is 0.240 e. The SMILES string of the molecule is COCCc1noc(CN2CCC[C@H](Cn3nc(C)nc3C)C2)n1. The molecule has 0 amide bonds. The van der Waals surface area contributed by atoms with E-state index >= 15 is 0 Å². The van der Waals surface area contributed by atoms with Crippen LogP contribution in [0.25, 0.3) is 0 Å². The van der Waals surface area contributed by atoms with Gasteiger partial charge in [-0.3, -0.25) is 4.90 Å². The molecule has 1 aliphatic rings. The number of nitrogens with zero attached hydrogens (tertiary/aromatic N) is 6. The van der Waals surface area contributed by atoms with Gasteiger partial charge in [-0.05, 0) is 39.2 Å². The molecule has 2 aromatic heterocycles. The molecule has 24 heavy (non-hydrogen) atoms. The van der Waals surface area contributed by atoms with Crippen LogP contribution in [0.15, 0.2) is 4.52 Å². The van der Waals surface area contributed by atoms with E-state index in [1.807, 2.05) is 18.5 Å². The van der Waals surface area contributed by atoms with Gasteiger partial charge in [0.2, 0.25) is 5.89 Å². The summed E-state index contributed by atoms with van der Waals surface area (Å²) in [6, 6.07) is 0. The highest BCUT2D eigenvalue weighted by Crippen LogP contribution is 2.20. The quantitative estimate of drug-likeness (QED) is 0.756. The molecule has 8 heteroatoms. The van der Waals surface area contributed by atoms with Crippen molar-refractivity contribution in [3.8, 4) is 0 Å². The monoisotopic (exact) mass is 334 g/mol. The van der Waals surface area contributed by atoms with E-state index in [4.69, 9.17) is 9.26 Å². The second-order valence-electron chi connectivity index (χ2n) is 6.48. The third kappa shape index (κ3) is 4.39. The maximum absolute atomic E-state index is 5.35. The van der Waals surface area contributed by atoms with Gasteiger partial charge in [0.1, 0.15) is 11.6 Å². The Bertz CT molecular complexity index is 653. The van der Waals surface area contributed by atoms with Crippen LogP contribution < -0.4 is 0 Å². The van der Waals surface area contributed by atoms with Crippen LogP contribution in [0.4, 0.5) is 0 Å². The highest BCUT2D eigenvalue weighted by Gasteiger charge is 2.23. The van der Waals surface area contributed by atoms with Gasteiger partial charge in [-0.25, -0.2) is 9.67 Å².